The molecule has 1 aliphatic rings. The van der Waals surface area contributed by atoms with Crippen LogP contribution in [0.15, 0.2) is 36.5 Å². The first-order valence-electron chi connectivity index (χ1n) is 9.78. The molecular formula is C19H20Cl2IN7O2S. The zero-order chi connectivity index (χ0) is 22.7. The van der Waals surface area contributed by atoms with Crippen molar-refractivity contribution in [1.82, 2.24) is 18.1 Å². The summed E-state index contributed by atoms with van der Waals surface area (Å²) in [6, 6.07) is 8.15. The average molecular weight is 608 g/mol. The second-order valence-electron chi connectivity index (χ2n) is 7.15. The van der Waals surface area contributed by atoms with E-state index in [1.165, 1.54) is 0 Å². The van der Waals surface area contributed by atoms with E-state index in [1.54, 1.807) is 36.5 Å². The van der Waals surface area contributed by atoms with Crippen LogP contribution in [0.3, 0.4) is 0 Å². The molecule has 4 rings (SSSR count). The van der Waals surface area contributed by atoms with Gasteiger partial charge in [0.1, 0.15) is 11.0 Å². The monoisotopic (exact) mass is 607 g/mol. The Morgan fingerprint density at radius 3 is 2.50 bits per heavy atom. The van der Waals surface area contributed by atoms with E-state index in [1.807, 2.05) is 0 Å². The summed E-state index contributed by atoms with van der Waals surface area (Å²) in [5.74, 6) is 0.951. The summed E-state index contributed by atoms with van der Waals surface area (Å²) in [6.07, 6.45) is 1.60. The topological polar surface area (TPSA) is 103 Å². The molecule has 9 nitrogen and oxygen atoms in total. The molecule has 1 fully saturated rings. The number of sulfonamides is 1. The lowest BCUT2D eigenvalue weighted by molar-refractivity contribution is 0.456. The van der Waals surface area contributed by atoms with E-state index in [2.05, 4.69) is 55.9 Å². The van der Waals surface area contributed by atoms with Gasteiger partial charge in [-0.2, -0.15) is 4.98 Å². The molecule has 2 N–H and O–H groups in total. The van der Waals surface area contributed by atoms with E-state index in [9.17, 15) is 8.42 Å². The number of pyridine rings is 1. The molecule has 1 aromatic carbocycles. The highest BCUT2D eigenvalue weighted by molar-refractivity contribution is 14.1. The molecular weight excluding hydrogens is 588 g/mol. The third-order valence-corrected chi connectivity index (χ3v) is 7.54. The van der Waals surface area contributed by atoms with Gasteiger partial charge < -0.3 is 10.2 Å². The van der Waals surface area contributed by atoms with Crippen molar-refractivity contribution < 1.29 is 8.42 Å². The van der Waals surface area contributed by atoms with Gasteiger partial charge in [0.25, 0.3) is 0 Å². The summed E-state index contributed by atoms with van der Waals surface area (Å²) in [6.45, 7) is 3.55. The minimum Gasteiger partial charge on any atom is -0.368 e. The molecule has 3 heterocycles. The van der Waals surface area contributed by atoms with Crippen molar-refractivity contribution in [3.63, 3.8) is 0 Å². The smallest absolute Gasteiger partial charge is 0.234 e. The Bertz CT molecular complexity index is 1210. The van der Waals surface area contributed by atoms with Gasteiger partial charge in [-0.05, 0) is 30.3 Å². The van der Waals surface area contributed by atoms with Gasteiger partial charge in [0.15, 0.2) is 0 Å². The number of aromatic nitrogens is 3. The van der Waals surface area contributed by atoms with Crippen LogP contribution in [0.5, 0.6) is 0 Å². The zero-order valence-electron chi connectivity index (χ0n) is 16.8. The summed E-state index contributed by atoms with van der Waals surface area (Å²) in [7, 11) is -3.57. The Balaban J connectivity index is 1.51. The number of hydrogen-bond donors (Lipinski definition) is 2. The molecule has 0 unspecified atom stereocenters. The molecule has 13 heteroatoms. The molecule has 170 valence electrons. The number of rotatable bonds is 7. The molecule has 0 saturated carbocycles. The molecule has 0 spiro atoms. The van der Waals surface area contributed by atoms with Crippen molar-refractivity contribution in [2.24, 2.45) is 0 Å². The molecule has 2 aromatic heterocycles. The van der Waals surface area contributed by atoms with Crippen LogP contribution < -0.4 is 14.9 Å². The Morgan fingerprint density at radius 2 is 1.78 bits per heavy atom. The second-order valence-corrected chi connectivity index (χ2v) is 11.2. The van der Waals surface area contributed by atoms with Crippen LogP contribution in [-0.4, -0.2) is 65.0 Å². The van der Waals surface area contributed by atoms with E-state index in [0.717, 1.165) is 26.2 Å². The van der Waals surface area contributed by atoms with Crippen LogP contribution in [0.2, 0.25) is 10.2 Å². The Kier molecular flexibility index (Phi) is 7.40. The second kappa shape index (κ2) is 10.1. The molecule has 0 radical (unpaired) electrons. The number of nitrogens with one attached hydrogen (secondary N) is 2. The van der Waals surface area contributed by atoms with Gasteiger partial charge in [0.2, 0.25) is 16.0 Å². The third-order valence-electron chi connectivity index (χ3n) is 4.83. The highest BCUT2D eigenvalue weighted by Crippen LogP contribution is 2.26. The van der Waals surface area contributed by atoms with E-state index in [0.29, 0.717) is 38.5 Å². The van der Waals surface area contributed by atoms with Crippen LogP contribution in [0.1, 0.15) is 0 Å². The molecule has 32 heavy (non-hydrogen) atoms. The fourth-order valence-electron chi connectivity index (χ4n) is 3.20. The van der Waals surface area contributed by atoms with Crippen molar-refractivity contribution in [2.75, 3.05) is 53.4 Å². The van der Waals surface area contributed by atoms with Gasteiger partial charge in [0, 0.05) is 71.7 Å². The first-order chi connectivity index (χ1) is 15.3. The number of fused-ring (bicyclic) bond motifs is 1. The molecule has 0 aliphatic carbocycles. The predicted molar refractivity (Wildman–Crippen MR) is 138 cm³/mol. The maximum absolute atomic E-state index is 12.5. The van der Waals surface area contributed by atoms with Gasteiger partial charge in [0.05, 0.1) is 17.5 Å². The van der Waals surface area contributed by atoms with E-state index >= 15 is 0 Å². The van der Waals surface area contributed by atoms with Gasteiger partial charge in [-0.3, -0.25) is 4.72 Å². The molecule has 1 saturated heterocycles. The lowest BCUT2D eigenvalue weighted by Gasteiger charge is -2.31. The van der Waals surface area contributed by atoms with Crippen LogP contribution in [0, 0.1) is 0 Å². The normalized spacial score (nSPS) is 15.2. The van der Waals surface area contributed by atoms with Crippen LogP contribution in [0.4, 0.5) is 17.5 Å². The van der Waals surface area contributed by atoms with Crippen LogP contribution >= 0.6 is 46.1 Å². The Hall–Kier alpha value is -1.67. The highest BCUT2D eigenvalue weighted by Gasteiger charge is 2.20. The number of anilines is 3. The van der Waals surface area contributed by atoms with E-state index in [-0.39, 0.29) is 12.3 Å². The SMILES string of the molecule is O=S(=O)(CCNc1nc(N2CCN(I)CC2)nc2cnc(Cl)cc12)Nc1ccc(Cl)cc1. The van der Waals surface area contributed by atoms with E-state index in [4.69, 9.17) is 23.2 Å². The molecule has 0 bridgehead atoms. The van der Waals surface area contributed by atoms with Crippen LogP contribution in [0.25, 0.3) is 10.9 Å². The van der Waals surface area contributed by atoms with Crippen molar-refractivity contribution >= 4 is 84.4 Å². The molecule has 3 aromatic rings. The summed E-state index contributed by atoms with van der Waals surface area (Å²) < 4.78 is 29.7. The minimum atomic E-state index is -3.57. The summed E-state index contributed by atoms with van der Waals surface area (Å²) in [5.41, 5.74) is 1.09. The molecule has 0 amide bonds. The Morgan fingerprint density at radius 1 is 1.06 bits per heavy atom. The molecule has 1 aliphatic heterocycles. The number of piperazine rings is 1. The fourth-order valence-corrected chi connectivity index (χ4v) is 4.89. The lowest BCUT2D eigenvalue weighted by atomic mass is 10.3. The van der Waals surface area contributed by atoms with Crippen molar-refractivity contribution in [3.8, 4) is 0 Å². The van der Waals surface area contributed by atoms with Gasteiger partial charge in [-0.25, -0.2) is 21.5 Å². The van der Waals surface area contributed by atoms with Crippen molar-refractivity contribution in [2.45, 2.75) is 0 Å². The standard InChI is InChI=1S/C19H20Cl2IN7O2S/c20-13-1-3-14(4-2-13)27-32(30,31)10-5-23-18-15-11-17(21)24-12-16(15)25-19(26-18)28-6-8-29(22)9-7-28/h1-4,11-12,27H,5-10H2,(H,23,25,26). The number of benzene rings is 1. The fraction of sp³-hybridized carbons (Fsp3) is 0.316. The maximum Gasteiger partial charge on any atom is 0.234 e. The van der Waals surface area contributed by atoms with Crippen LogP contribution in [-0.2, 0) is 10.0 Å². The first kappa shape index (κ1) is 23.5. The first-order valence-corrected chi connectivity index (χ1v) is 13.2. The minimum absolute atomic E-state index is 0.149. The summed E-state index contributed by atoms with van der Waals surface area (Å²) in [5, 5.41) is 4.67. The summed E-state index contributed by atoms with van der Waals surface area (Å²) >= 11 is 14.2. The van der Waals surface area contributed by atoms with E-state index < -0.39 is 10.0 Å². The Labute approximate surface area is 210 Å². The third kappa shape index (κ3) is 6.01. The van der Waals surface area contributed by atoms with Gasteiger partial charge in [-0.15, -0.1) is 0 Å². The quantitative estimate of drug-likeness (QED) is 0.238. The lowest BCUT2D eigenvalue weighted by Crippen LogP contribution is -2.43. The number of hydrogen-bond acceptors (Lipinski definition) is 8. The number of nitrogens with zero attached hydrogens (tertiary/aromatic N) is 5. The maximum atomic E-state index is 12.5. The summed E-state index contributed by atoms with van der Waals surface area (Å²) in [4.78, 5) is 15.5. The van der Waals surface area contributed by atoms with Crippen molar-refractivity contribution in [3.05, 3.63) is 46.7 Å². The van der Waals surface area contributed by atoms with Gasteiger partial charge in [-0.1, -0.05) is 23.2 Å². The largest absolute Gasteiger partial charge is 0.368 e. The predicted octanol–water partition coefficient (Wildman–Crippen LogP) is 3.66. The van der Waals surface area contributed by atoms with Crippen molar-refractivity contribution in [1.29, 1.82) is 0 Å². The van der Waals surface area contributed by atoms with Gasteiger partial charge >= 0.3 is 0 Å². The highest BCUT2D eigenvalue weighted by atomic mass is 127. The molecule has 0 atom stereocenters. The zero-order valence-corrected chi connectivity index (χ0v) is 21.3. The average Bonchev–Trinajstić information content (AvgIpc) is 2.75. The number of halogens is 3.